The summed E-state index contributed by atoms with van der Waals surface area (Å²) >= 11 is 12.4. The molecule has 2 aromatic carbocycles. The van der Waals surface area contributed by atoms with Crippen molar-refractivity contribution in [2.75, 3.05) is 11.9 Å². The molecule has 0 saturated carbocycles. The lowest BCUT2D eigenvalue weighted by atomic mass is 10.1. The monoisotopic (exact) mass is 457 g/mol. The Morgan fingerprint density at radius 3 is 2.45 bits per heavy atom. The molecular weight excluding hydrogens is 437 g/mol. The molecule has 0 aliphatic heterocycles. The first-order chi connectivity index (χ1) is 14.9. The van der Waals surface area contributed by atoms with E-state index in [9.17, 15) is 9.59 Å². The molecule has 9 heteroatoms. The highest BCUT2D eigenvalue weighted by Gasteiger charge is 2.20. The second-order valence-corrected chi connectivity index (χ2v) is 8.14. The number of imidazole rings is 1. The molecule has 160 valence electrons. The van der Waals surface area contributed by atoms with Crippen molar-refractivity contribution in [3.05, 3.63) is 90.5 Å². The van der Waals surface area contributed by atoms with Gasteiger partial charge in [-0.05, 0) is 29.7 Å². The standard InChI is InChI=1S/C22H21Cl2N5O2/c1-27-19-18(20(30)28(2)22(27)31)29(13-15-8-9-16(23)12-17(15)24)21(26-19)25-11-10-14-6-4-3-5-7-14/h3-9,12H,10-11,13H2,1-2H3,(H,25,26). The van der Waals surface area contributed by atoms with Crippen molar-refractivity contribution in [2.45, 2.75) is 13.0 Å². The number of anilines is 1. The van der Waals surface area contributed by atoms with E-state index in [1.165, 1.54) is 17.2 Å². The van der Waals surface area contributed by atoms with Gasteiger partial charge in [-0.2, -0.15) is 4.98 Å². The number of aryl methyl sites for hydroxylation is 1. The van der Waals surface area contributed by atoms with E-state index in [0.717, 1.165) is 16.6 Å². The van der Waals surface area contributed by atoms with E-state index >= 15 is 0 Å². The summed E-state index contributed by atoms with van der Waals surface area (Å²) in [4.78, 5) is 29.9. The van der Waals surface area contributed by atoms with E-state index in [4.69, 9.17) is 23.2 Å². The van der Waals surface area contributed by atoms with Gasteiger partial charge >= 0.3 is 5.69 Å². The van der Waals surface area contributed by atoms with Gasteiger partial charge < -0.3 is 5.32 Å². The average molecular weight is 458 g/mol. The number of rotatable bonds is 6. The molecule has 0 atom stereocenters. The zero-order valence-corrected chi connectivity index (χ0v) is 18.6. The lowest BCUT2D eigenvalue weighted by molar-refractivity contribution is 0.702. The second kappa shape index (κ2) is 8.61. The van der Waals surface area contributed by atoms with Crippen molar-refractivity contribution in [2.24, 2.45) is 14.1 Å². The molecule has 0 bridgehead atoms. The summed E-state index contributed by atoms with van der Waals surface area (Å²) < 4.78 is 4.22. The van der Waals surface area contributed by atoms with Gasteiger partial charge in [-0.3, -0.25) is 18.5 Å². The zero-order chi connectivity index (χ0) is 22.1. The summed E-state index contributed by atoms with van der Waals surface area (Å²) in [5.74, 6) is 0.496. The number of nitrogens with one attached hydrogen (secondary N) is 1. The quantitative estimate of drug-likeness (QED) is 0.481. The molecule has 2 heterocycles. The minimum atomic E-state index is -0.428. The van der Waals surface area contributed by atoms with Gasteiger partial charge in [0.25, 0.3) is 5.56 Å². The maximum absolute atomic E-state index is 13.0. The highest BCUT2D eigenvalue weighted by atomic mass is 35.5. The summed E-state index contributed by atoms with van der Waals surface area (Å²) in [5.41, 5.74) is 1.78. The number of halogens is 2. The molecule has 0 aliphatic carbocycles. The first kappa shape index (κ1) is 21.2. The summed E-state index contributed by atoms with van der Waals surface area (Å²) in [7, 11) is 3.06. The largest absolute Gasteiger partial charge is 0.355 e. The van der Waals surface area contributed by atoms with Crippen molar-refractivity contribution < 1.29 is 0 Å². The van der Waals surface area contributed by atoms with Crippen LogP contribution in [0.5, 0.6) is 0 Å². The molecular formula is C22H21Cl2N5O2. The van der Waals surface area contributed by atoms with Crippen molar-refractivity contribution in [1.29, 1.82) is 0 Å². The highest BCUT2D eigenvalue weighted by molar-refractivity contribution is 6.35. The van der Waals surface area contributed by atoms with E-state index < -0.39 is 11.2 Å². The van der Waals surface area contributed by atoms with E-state index in [0.29, 0.717) is 40.2 Å². The molecule has 0 saturated heterocycles. The molecule has 2 aromatic heterocycles. The summed E-state index contributed by atoms with van der Waals surface area (Å²) in [5, 5.41) is 4.34. The van der Waals surface area contributed by atoms with E-state index in [2.05, 4.69) is 22.4 Å². The van der Waals surface area contributed by atoms with Gasteiger partial charge in [0.05, 0.1) is 6.54 Å². The van der Waals surface area contributed by atoms with Crippen LogP contribution < -0.4 is 16.6 Å². The van der Waals surface area contributed by atoms with Crippen molar-refractivity contribution in [1.82, 2.24) is 18.7 Å². The molecule has 0 radical (unpaired) electrons. The van der Waals surface area contributed by atoms with Crippen molar-refractivity contribution in [3.8, 4) is 0 Å². The second-order valence-electron chi connectivity index (χ2n) is 7.30. The number of fused-ring (bicyclic) bond motifs is 1. The SMILES string of the molecule is Cn1c(=O)c2c(nc(NCCc3ccccc3)n2Cc2ccc(Cl)cc2Cl)n(C)c1=O. The fourth-order valence-corrected chi connectivity index (χ4v) is 3.99. The fraction of sp³-hybridized carbons (Fsp3) is 0.227. The lowest BCUT2D eigenvalue weighted by Gasteiger charge is -2.12. The third-order valence-electron chi connectivity index (χ3n) is 5.23. The Balaban J connectivity index is 1.79. The van der Waals surface area contributed by atoms with E-state index in [1.54, 1.807) is 23.7 Å². The molecule has 0 amide bonds. The van der Waals surface area contributed by atoms with Crippen LogP contribution in [-0.4, -0.2) is 25.2 Å². The van der Waals surface area contributed by atoms with Gasteiger partial charge in [0.15, 0.2) is 11.2 Å². The number of benzene rings is 2. The maximum Gasteiger partial charge on any atom is 0.332 e. The predicted octanol–water partition coefficient (Wildman–Crippen LogP) is 3.44. The van der Waals surface area contributed by atoms with Crippen LogP contribution in [0, 0.1) is 0 Å². The van der Waals surface area contributed by atoms with Crippen LogP contribution in [0.3, 0.4) is 0 Å². The molecule has 0 unspecified atom stereocenters. The molecule has 31 heavy (non-hydrogen) atoms. The van der Waals surface area contributed by atoms with Crippen LogP contribution in [0.15, 0.2) is 58.1 Å². The minimum Gasteiger partial charge on any atom is -0.355 e. The predicted molar refractivity (Wildman–Crippen MR) is 124 cm³/mol. The number of hydrogen-bond donors (Lipinski definition) is 1. The average Bonchev–Trinajstić information content (AvgIpc) is 3.12. The first-order valence-corrected chi connectivity index (χ1v) is 10.5. The molecule has 0 fully saturated rings. The van der Waals surface area contributed by atoms with Crippen LogP contribution in [0.25, 0.3) is 11.2 Å². The molecule has 1 N–H and O–H groups in total. The molecule has 0 aliphatic rings. The van der Waals surface area contributed by atoms with Gasteiger partial charge in [0, 0.05) is 30.7 Å². The third-order valence-corrected chi connectivity index (χ3v) is 5.82. The molecule has 4 aromatic rings. The smallest absolute Gasteiger partial charge is 0.332 e. The summed E-state index contributed by atoms with van der Waals surface area (Å²) in [6.45, 7) is 0.906. The zero-order valence-electron chi connectivity index (χ0n) is 17.1. The summed E-state index contributed by atoms with van der Waals surface area (Å²) in [6.07, 6.45) is 0.780. The Bertz CT molecular complexity index is 1370. The Morgan fingerprint density at radius 2 is 1.74 bits per heavy atom. The summed E-state index contributed by atoms with van der Waals surface area (Å²) in [6, 6.07) is 15.3. The fourth-order valence-electron chi connectivity index (χ4n) is 3.52. The Morgan fingerprint density at radius 1 is 1.00 bits per heavy atom. The van der Waals surface area contributed by atoms with Crippen LogP contribution in [0.2, 0.25) is 10.0 Å². The van der Waals surface area contributed by atoms with Gasteiger partial charge in [-0.1, -0.05) is 59.6 Å². The third kappa shape index (κ3) is 4.11. The van der Waals surface area contributed by atoms with Crippen molar-refractivity contribution in [3.63, 3.8) is 0 Å². The number of aromatic nitrogens is 4. The minimum absolute atomic E-state index is 0.299. The number of hydrogen-bond acceptors (Lipinski definition) is 4. The van der Waals surface area contributed by atoms with Gasteiger partial charge in [0.1, 0.15) is 0 Å². The van der Waals surface area contributed by atoms with E-state index in [-0.39, 0.29) is 0 Å². The molecule has 4 rings (SSSR count). The van der Waals surface area contributed by atoms with Crippen LogP contribution >= 0.6 is 23.2 Å². The van der Waals surface area contributed by atoms with Gasteiger partial charge in [0.2, 0.25) is 5.95 Å². The maximum atomic E-state index is 13.0. The highest BCUT2D eigenvalue weighted by Crippen LogP contribution is 2.25. The van der Waals surface area contributed by atoms with Crippen LogP contribution in [0.1, 0.15) is 11.1 Å². The Labute approximate surface area is 188 Å². The molecule has 0 spiro atoms. The van der Waals surface area contributed by atoms with Gasteiger partial charge in [-0.25, -0.2) is 4.79 Å². The normalized spacial score (nSPS) is 11.2. The topological polar surface area (TPSA) is 73.8 Å². The number of nitrogens with zero attached hydrogens (tertiary/aromatic N) is 4. The first-order valence-electron chi connectivity index (χ1n) is 9.75. The van der Waals surface area contributed by atoms with Gasteiger partial charge in [-0.15, -0.1) is 0 Å². The lowest BCUT2D eigenvalue weighted by Crippen LogP contribution is -2.37. The van der Waals surface area contributed by atoms with Crippen LogP contribution in [0.4, 0.5) is 5.95 Å². The van der Waals surface area contributed by atoms with E-state index in [1.807, 2.05) is 24.3 Å². The van der Waals surface area contributed by atoms with Crippen molar-refractivity contribution >= 4 is 40.3 Å². The van der Waals surface area contributed by atoms with Crippen LogP contribution in [-0.2, 0) is 27.1 Å². The molecule has 7 nitrogen and oxygen atoms in total. The Kier molecular flexibility index (Phi) is 5.89. The Hall–Kier alpha value is -3.03.